The summed E-state index contributed by atoms with van der Waals surface area (Å²) in [6, 6.07) is 80.0. The van der Waals surface area contributed by atoms with Crippen LogP contribution in [0.5, 0.6) is 0 Å². The molecule has 3 heteroatoms. The number of hydrogen-bond donors (Lipinski definition) is 0. The van der Waals surface area contributed by atoms with E-state index in [-0.39, 0.29) is 0 Å². The van der Waals surface area contributed by atoms with Crippen molar-refractivity contribution in [1.29, 1.82) is 0 Å². The Labute approximate surface area is 359 Å². The van der Waals surface area contributed by atoms with E-state index in [2.05, 4.69) is 224 Å². The molecule has 0 aliphatic rings. The van der Waals surface area contributed by atoms with Crippen LogP contribution in [0.4, 0.5) is 0 Å². The van der Waals surface area contributed by atoms with Gasteiger partial charge in [-0.3, -0.25) is 0 Å². The second-order valence-corrected chi connectivity index (χ2v) is 16.0. The van der Waals surface area contributed by atoms with Crippen LogP contribution in [0.1, 0.15) is 0 Å². The lowest BCUT2D eigenvalue weighted by atomic mass is 9.92. The maximum absolute atomic E-state index is 5.32. The van der Waals surface area contributed by atoms with E-state index in [0.29, 0.717) is 5.82 Å². The van der Waals surface area contributed by atoms with Gasteiger partial charge in [0.1, 0.15) is 0 Å². The Morgan fingerprint density at radius 2 is 0.742 bits per heavy atom. The van der Waals surface area contributed by atoms with Crippen LogP contribution in [-0.2, 0) is 0 Å². The highest BCUT2D eigenvalue weighted by Gasteiger charge is 2.17. The van der Waals surface area contributed by atoms with Gasteiger partial charge in [0.05, 0.1) is 22.6 Å². The lowest BCUT2D eigenvalue weighted by Crippen LogP contribution is -1.97. The van der Waals surface area contributed by atoms with Gasteiger partial charge in [0, 0.05) is 27.6 Å². The maximum Gasteiger partial charge on any atom is 0.160 e. The molecule has 0 atom stereocenters. The number of rotatable bonds is 6. The molecule has 288 valence electrons. The summed E-state index contributed by atoms with van der Waals surface area (Å²) in [5.74, 6) is 0.700. The van der Waals surface area contributed by atoms with Crippen LogP contribution in [-0.4, -0.2) is 15.0 Å². The fourth-order valence-electron chi connectivity index (χ4n) is 9.13. The van der Waals surface area contributed by atoms with Crippen molar-refractivity contribution in [2.24, 2.45) is 0 Å². The molecule has 0 fully saturated rings. The molecule has 0 N–H and O–H groups in total. The molecule has 12 aromatic rings. The van der Waals surface area contributed by atoms with Gasteiger partial charge in [-0.1, -0.05) is 194 Å². The fourth-order valence-corrected chi connectivity index (χ4v) is 9.13. The summed E-state index contributed by atoms with van der Waals surface area (Å²) < 4.78 is 0. The van der Waals surface area contributed by atoms with Crippen LogP contribution in [0.25, 0.3) is 121 Å². The van der Waals surface area contributed by atoms with Gasteiger partial charge in [-0.05, 0) is 95.7 Å². The lowest BCUT2D eigenvalue weighted by molar-refractivity contribution is 1.19. The minimum atomic E-state index is 0.700. The second-order valence-electron chi connectivity index (χ2n) is 16.0. The van der Waals surface area contributed by atoms with Crippen LogP contribution in [0.3, 0.4) is 0 Å². The van der Waals surface area contributed by atoms with Crippen molar-refractivity contribution in [3.8, 4) is 67.4 Å². The molecule has 2 heterocycles. The van der Waals surface area contributed by atoms with Crippen LogP contribution >= 0.6 is 0 Å². The van der Waals surface area contributed by atoms with Crippen LogP contribution in [0.15, 0.2) is 224 Å². The predicted octanol–water partition coefficient (Wildman–Crippen LogP) is 15.6. The minimum absolute atomic E-state index is 0.700. The standard InChI is InChI=1S/C59H37N3/c1-2-14-40(15-3-1)53-36-55(60-54-33-30-41-16-8-9-19-49(41)58(53)54)43-26-24-42(25-27-43)48-31-32-52(51-21-11-10-20-50(48)51)57-37-56(46-28-22-38-12-4-6-17-44(38)34-46)61-59(62-57)47-29-23-39-13-5-7-18-45(39)35-47/h1-37H. The third-order valence-corrected chi connectivity index (χ3v) is 12.3. The normalized spacial score (nSPS) is 11.5. The number of fused-ring (bicyclic) bond motifs is 6. The molecule has 62 heavy (non-hydrogen) atoms. The molecular formula is C59H37N3. The van der Waals surface area contributed by atoms with E-state index in [1.165, 1.54) is 43.4 Å². The molecule has 10 aromatic carbocycles. The molecule has 0 unspecified atom stereocenters. The Morgan fingerprint density at radius 1 is 0.242 bits per heavy atom. The van der Waals surface area contributed by atoms with E-state index in [0.717, 1.165) is 72.1 Å². The van der Waals surface area contributed by atoms with Gasteiger partial charge in [0.2, 0.25) is 0 Å². The molecule has 0 spiro atoms. The molecule has 12 rings (SSSR count). The van der Waals surface area contributed by atoms with E-state index in [9.17, 15) is 0 Å². The Kier molecular flexibility index (Phi) is 8.50. The quantitative estimate of drug-likeness (QED) is 0.158. The smallest absolute Gasteiger partial charge is 0.160 e. The van der Waals surface area contributed by atoms with Crippen molar-refractivity contribution in [2.45, 2.75) is 0 Å². The zero-order valence-corrected chi connectivity index (χ0v) is 33.7. The molecule has 0 aliphatic heterocycles. The highest BCUT2D eigenvalue weighted by Crippen LogP contribution is 2.40. The summed E-state index contributed by atoms with van der Waals surface area (Å²) in [5.41, 5.74) is 12.6. The van der Waals surface area contributed by atoms with Crippen LogP contribution in [0.2, 0.25) is 0 Å². The molecule has 0 amide bonds. The van der Waals surface area contributed by atoms with Gasteiger partial charge in [-0.2, -0.15) is 0 Å². The summed E-state index contributed by atoms with van der Waals surface area (Å²) in [7, 11) is 0. The maximum atomic E-state index is 5.32. The van der Waals surface area contributed by atoms with Crippen LogP contribution < -0.4 is 0 Å². The lowest BCUT2D eigenvalue weighted by Gasteiger charge is -2.15. The number of nitrogens with zero attached hydrogens (tertiary/aromatic N) is 3. The summed E-state index contributed by atoms with van der Waals surface area (Å²) in [5, 5.41) is 10.6. The van der Waals surface area contributed by atoms with Gasteiger partial charge in [-0.15, -0.1) is 0 Å². The van der Waals surface area contributed by atoms with Crippen molar-refractivity contribution < 1.29 is 0 Å². The third-order valence-electron chi connectivity index (χ3n) is 12.3. The summed E-state index contributed by atoms with van der Waals surface area (Å²) in [6.45, 7) is 0. The first-order valence-corrected chi connectivity index (χ1v) is 21.1. The third kappa shape index (κ3) is 6.27. The summed E-state index contributed by atoms with van der Waals surface area (Å²) in [6.07, 6.45) is 0. The molecule has 0 bridgehead atoms. The second kappa shape index (κ2) is 14.8. The first kappa shape index (κ1) is 35.7. The highest BCUT2D eigenvalue weighted by atomic mass is 14.9. The number of pyridine rings is 1. The highest BCUT2D eigenvalue weighted by molar-refractivity contribution is 6.14. The number of aromatic nitrogens is 3. The Morgan fingerprint density at radius 3 is 1.48 bits per heavy atom. The van der Waals surface area contributed by atoms with Gasteiger partial charge >= 0.3 is 0 Å². The molecule has 2 aromatic heterocycles. The van der Waals surface area contributed by atoms with E-state index < -0.39 is 0 Å². The van der Waals surface area contributed by atoms with Crippen molar-refractivity contribution in [3.05, 3.63) is 224 Å². The van der Waals surface area contributed by atoms with Crippen LogP contribution in [0, 0.1) is 0 Å². The number of benzene rings is 10. The zero-order chi connectivity index (χ0) is 41.0. The fraction of sp³-hybridized carbons (Fsp3) is 0. The van der Waals surface area contributed by atoms with E-state index in [1.54, 1.807) is 0 Å². The monoisotopic (exact) mass is 787 g/mol. The first-order chi connectivity index (χ1) is 30.7. The van der Waals surface area contributed by atoms with E-state index in [4.69, 9.17) is 15.0 Å². The topological polar surface area (TPSA) is 38.7 Å². The first-order valence-electron chi connectivity index (χ1n) is 21.1. The van der Waals surface area contributed by atoms with E-state index >= 15 is 0 Å². The summed E-state index contributed by atoms with van der Waals surface area (Å²) in [4.78, 5) is 15.8. The van der Waals surface area contributed by atoms with Gasteiger partial charge in [-0.25, -0.2) is 15.0 Å². The van der Waals surface area contributed by atoms with Gasteiger partial charge < -0.3 is 0 Å². The molecular weight excluding hydrogens is 751 g/mol. The zero-order valence-electron chi connectivity index (χ0n) is 33.7. The van der Waals surface area contributed by atoms with Crippen molar-refractivity contribution in [2.75, 3.05) is 0 Å². The molecule has 3 nitrogen and oxygen atoms in total. The Hall–Kier alpha value is -8.27. The Bertz CT molecular complexity index is 3590. The molecule has 0 aliphatic carbocycles. The van der Waals surface area contributed by atoms with Gasteiger partial charge in [0.25, 0.3) is 0 Å². The average Bonchev–Trinajstić information content (AvgIpc) is 3.35. The van der Waals surface area contributed by atoms with Crippen molar-refractivity contribution in [3.63, 3.8) is 0 Å². The largest absolute Gasteiger partial charge is 0.248 e. The molecule has 0 saturated heterocycles. The van der Waals surface area contributed by atoms with Gasteiger partial charge in [0.15, 0.2) is 5.82 Å². The molecule has 0 radical (unpaired) electrons. The molecule has 0 saturated carbocycles. The summed E-state index contributed by atoms with van der Waals surface area (Å²) >= 11 is 0. The van der Waals surface area contributed by atoms with E-state index in [1.807, 2.05) is 0 Å². The average molecular weight is 788 g/mol. The Balaban J connectivity index is 0.969. The number of hydrogen-bond acceptors (Lipinski definition) is 3. The predicted molar refractivity (Wildman–Crippen MR) is 260 cm³/mol. The van der Waals surface area contributed by atoms with Crippen molar-refractivity contribution in [1.82, 2.24) is 15.0 Å². The minimum Gasteiger partial charge on any atom is -0.248 e. The SMILES string of the molecule is c1ccc(-c2cc(-c3ccc(-c4ccc(-c5cc(-c6ccc7ccccc7c6)nc(-c6ccc7ccccc7c6)n5)c5ccccc45)cc3)nc3ccc4ccccc4c23)cc1. The van der Waals surface area contributed by atoms with Crippen molar-refractivity contribution >= 4 is 54.0 Å².